The lowest BCUT2D eigenvalue weighted by Crippen LogP contribution is -2.55. The molecular weight excluding hydrogens is 306 g/mol. The number of methoxy groups -OCH3 is 1. The lowest BCUT2D eigenvalue weighted by atomic mass is 9.91. The van der Waals surface area contributed by atoms with Crippen LogP contribution in [0.2, 0.25) is 0 Å². The van der Waals surface area contributed by atoms with Gasteiger partial charge in [-0.15, -0.1) is 0 Å². The summed E-state index contributed by atoms with van der Waals surface area (Å²) in [6, 6.07) is 5.10. The summed E-state index contributed by atoms with van der Waals surface area (Å²) < 4.78 is 5.49. The van der Waals surface area contributed by atoms with Crippen LogP contribution in [0.15, 0.2) is 18.2 Å². The number of piperidine rings is 1. The van der Waals surface area contributed by atoms with Gasteiger partial charge in [-0.1, -0.05) is 18.9 Å². The van der Waals surface area contributed by atoms with Gasteiger partial charge in [0, 0.05) is 32.3 Å². The summed E-state index contributed by atoms with van der Waals surface area (Å²) in [7, 11) is 1.80. The Morgan fingerprint density at radius 3 is 2.71 bits per heavy atom. The monoisotopic (exact) mass is 333 g/mol. The first-order valence-electron chi connectivity index (χ1n) is 8.85. The fourth-order valence-electron chi connectivity index (χ4n) is 4.11. The van der Waals surface area contributed by atoms with Crippen LogP contribution in [0, 0.1) is 0 Å². The number of nitrogens with zero attached hydrogens (tertiary/aromatic N) is 2. The highest BCUT2D eigenvalue weighted by molar-refractivity contribution is 5.85. The van der Waals surface area contributed by atoms with E-state index < -0.39 is 5.97 Å². The summed E-state index contributed by atoms with van der Waals surface area (Å²) in [6.45, 7) is 2.96. The number of hydrogen-bond donors (Lipinski definition) is 2. The molecule has 3 rings (SSSR count). The van der Waals surface area contributed by atoms with Gasteiger partial charge in [-0.05, 0) is 37.8 Å². The number of pyridine rings is 1. The number of carboxylic acids is 1. The normalized spacial score (nSPS) is 21.7. The Balaban J connectivity index is 1.66. The van der Waals surface area contributed by atoms with Gasteiger partial charge in [-0.2, -0.15) is 0 Å². The van der Waals surface area contributed by atoms with Crippen LogP contribution in [0.5, 0.6) is 0 Å². The van der Waals surface area contributed by atoms with Crippen LogP contribution in [0.1, 0.15) is 49.0 Å². The van der Waals surface area contributed by atoms with E-state index in [2.05, 4.69) is 15.2 Å². The molecule has 6 nitrogen and oxygen atoms in total. The second kappa shape index (κ2) is 7.49. The smallest absolute Gasteiger partial charge is 0.354 e. The minimum atomic E-state index is -0.990. The van der Waals surface area contributed by atoms with Gasteiger partial charge >= 0.3 is 5.97 Å². The Hall–Kier alpha value is -1.66. The molecule has 1 aromatic heterocycles. The first kappa shape index (κ1) is 17.2. The van der Waals surface area contributed by atoms with Crippen LogP contribution < -0.4 is 5.32 Å². The molecule has 2 fully saturated rings. The van der Waals surface area contributed by atoms with E-state index in [-0.39, 0.29) is 11.2 Å². The third kappa shape index (κ3) is 3.70. The number of rotatable bonds is 6. The fourth-order valence-corrected chi connectivity index (χ4v) is 4.11. The van der Waals surface area contributed by atoms with Gasteiger partial charge in [0.15, 0.2) is 5.69 Å². The highest BCUT2D eigenvalue weighted by Gasteiger charge is 2.40. The Kier molecular flexibility index (Phi) is 5.36. The SMILES string of the molecule is COC1CCN(C2(CNc3cccc(C(=O)O)n3)CCCC2)CC1. The Labute approximate surface area is 143 Å². The lowest BCUT2D eigenvalue weighted by molar-refractivity contribution is 0.00111. The van der Waals surface area contributed by atoms with Gasteiger partial charge in [-0.25, -0.2) is 9.78 Å². The van der Waals surface area contributed by atoms with Gasteiger partial charge in [0.2, 0.25) is 0 Å². The molecule has 2 N–H and O–H groups in total. The Morgan fingerprint density at radius 2 is 2.08 bits per heavy atom. The topological polar surface area (TPSA) is 74.7 Å². The van der Waals surface area contributed by atoms with Crippen molar-refractivity contribution in [3.8, 4) is 0 Å². The van der Waals surface area contributed by atoms with Crippen molar-refractivity contribution in [3.05, 3.63) is 23.9 Å². The van der Waals surface area contributed by atoms with Crippen LogP contribution in [-0.2, 0) is 4.74 Å². The number of nitrogens with one attached hydrogen (secondary N) is 1. The predicted octanol–water partition coefficient (Wildman–Crippen LogP) is 2.62. The van der Waals surface area contributed by atoms with Gasteiger partial charge in [0.25, 0.3) is 0 Å². The van der Waals surface area contributed by atoms with E-state index >= 15 is 0 Å². The molecule has 2 heterocycles. The number of likely N-dealkylation sites (tertiary alicyclic amines) is 1. The highest BCUT2D eigenvalue weighted by atomic mass is 16.5. The highest BCUT2D eigenvalue weighted by Crippen LogP contribution is 2.37. The quantitative estimate of drug-likeness (QED) is 0.833. The van der Waals surface area contributed by atoms with Crippen LogP contribution in [-0.4, -0.2) is 59.3 Å². The van der Waals surface area contributed by atoms with Crippen molar-refractivity contribution in [2.24, 2.45) is 0 Å². The van der Waals surface area contributed by atoms with Crippen LogP contribution >= 0.6 is 0 Å². The van der Waals surface area contributed by atoms with E-state index in [1.54, 1.807) is 13.2 Å². The second-order valence-electron chi connectivity index (χ2n) is 6.92. The number of aromatic carboxylic acids is 1. The fraction of sp³-hybridized carbons (Fsp3) is 0.667. The van der Waals surface area contributed by atoms with Crippen molar-refractivity contribution >= 4 is 11.8 Å². The largest absolute Gasteiger partial charge is 0.477 e. The average Bonchev–Trinajstić information content (AvgIpc) is 3.10. The summed E-state index contributed by atoms with van der Waals surface area (Å²) in [4.78, 5) is 17.9. The minimum Gasteiger partial charge on any atom is -0.477 e. The van der Waals surface area contributed by atoms with Crippen molar-refractivity contribution in [2.75, 3.05) is 32.1 Å². The molecule has 0 aromatic carbocycles. The molecule has 1 aromatic rings. The summed E-state index contributed by atoms with van der Waals surface area (Å²) in [6.07, 6.45) is 7.47. The predicted molar refractivity (Wildman–Crippen MR) is 92.5 cm³/mol. The van der Waals surface area contributed by atoms with E-state index in [9.17, 15) is 4.79 Å². The number of carboxylic acid groups (broad SMARTS) is 1. The molecular formula is C18H27N3O3. The molecule has 0 radical (unpaired) electrons. The Morgan fingerprint density at radius 1 is 1.38 bits per heavy atom. The maximum absolute atomic E-state index is 11.1. The van der Waals surface area contributed by atoms with E-state index in [0.717, 1.165) is 32.5 Å². The van der Waals surface area contributed by atoms with E-state index in [0.29, 0.717) is 11.9 Å². The molecule has 0 amide bonds. The average molecular weight is 333 g/mol. The van der Waals surface area contributed by atoms with Crippen molar-refractivity contribution in [2.45, 2.75) is 50.2 Å². The van der Waals surface area contributed by atoms with Crippen molar-refractivity contribution in [3.63, 3.8) is 0 Å². The first-order chi connectivity index (χ1) is 11.6. The number of ether oxygens (including phenoxy) is 1. The molecule has 0 atom stereocenters. The molecule has 0 spiro atoms. The third-order valence-corrected chi connectivity index (χ3v) is 5.55. The number of anilines is 1. The van der Waals surface area contributed by atoms with E-state index in [1.165, 1.54) is 31.7 Å². The van der Waals surface area contributed by atoms with Crippen molar-refractivity contribution in [1.29, 1.82) is 0 Å². The van der Waals surface area contributed by atoms with Crippen LogP contribution in [0.3, 0.4) is 0 Å². The molecule has 132 valence electrons. The number of aromatic nitrogens is 1. The second-order valence-corrected chi connectivity index (χ2v) is 6.92. The lowest BCUT2D eigenvalue weighted by Gasteiger charge is -2.45. The van der Waals surface area contributed by atoms with Crippen LogP contribution in [0.4, 0.5) is 5.82 Å². The molecule has 6 heteroatoms. The molecule has 0 unspecified atom stereocenters. The molecule has 1 aliphatic carbocycles. The number of carbonyl (C=O) groups is 1. The molecule has 1 saturated heterocycles. The first-order valence-corrected chi connectivity index (χ1v) is 8.85. The van der Waals surface area contributed by atoms with Crippen molar-refractivity contribution < 1.29 is 14.6 Å². The van der Waals surface area contributed by atoms with E-state index in [4.69, 9.17) is 9.84 Å². The zero-order valence-electron chi connectivity index (χ0n) is 14.3. The number of hydrogen-bond acceptors (Lipinski definition) is 5. The minimum absolute atomic E-state index is 0.0846. The zero-order valence-corrected chi connectivity index (χ0v) is 14.3. The van der Waals surface area contributed by atoms with E-state index in [1.807, 2.05) is 6.07 Å². The van der Waals surface area contributed by atoms with Crippen LogP contribution in [0.25, 0.3) is 0 Å². The molecule has 24 heavy (non-hydrogen) atoms. The maximum atomic E-state index is 11.1. The summed E-state index contributed by atoms with van der Waals surface area (Å²) >= 11 is 0. The summed E-state index contributed by atoms with van der Waals surface area (Å²) in [5.41, 5.74) is 0.251. The molecule has 0 bridgehead atoms. The van der Waals surface area contributed by atoms with Crippen molar-refractivity contribution in [1.82, 2.24) is 9.88 Å². The molecule has 2 aliphatic rings. The maximum Gasteiger partial charge on any atom is 0.354 e. The zero-order chi connectivity index (χ0) is 17.0. The van der Waals surface area contributed by atoms with Gasteiger partial charge in [0.05, 0.1) is 6.10 Å². The molecule has 1 saturated carbocycles. The van der Waals surface area contributed by atoms with Gasteiger partial charge < -0.3 is 15.2 Å². The summed E-state index contributed by atoms with van der Waals surface area (Å²) in [5, 5.41) is 12.5. The summed E-state index contributed by atoms with van der Waals surface area (Å²) in [5.74, 6) is -0.344. The standard InChI is InChI=1S/C18H27N3O3/c1-24-14-7-11-21(12-8-14)18(9-2-3-10-18)13-19-16-6-4-5-15(20-16)17(22)23/h4-6,14H,2-3,7-13H2,1H3,(H,19,20)(H,22,23). The molecule has 1 aliphatic heterocycles. The van der Waals surface area contributed by atoms with Gasteiger partial charge in [-0.3, -0.25) is 4.90 Å². The third-order valence-electron chi connectivity index (χ3n) is 5.55. The van der Waals surface area contributed by atoms with Gasteiger partial charge in [0.1, 0.15) is 5.82 Å². The Bertz CT molecular complexity index is 564.